The number of likely N-dealkylation sites (tertiary alicyclic amines) is 1. The minimum absolute atomic E-state index is 0.270. The number of piperidine rings is 1. The average molecular weight is 325 g/mol. The van der Waals surface area contributed by atoms with E-state index in [0.29, 0.717) is 18.9 Å². The van der Waals surface area contributed by atoms with Crippen LogP contribution >= 0.6 is 0 Å². The molecule has 128 valence electrons. The van der Waals surface area contributed by atoms with Crippen LogP contribution in [-0.4, -0.2) is 33.7 Å². The number of hydrogen-bond acceptors (Lipinski definition) is 2. The number of amides is 1. The van der Waals surface area contributed by atoms with Crippen molar-refractivity contribution in [2.24, 2.45) is 5.92 Å². The van der Waals surface area contributed by atoms with Crippen LogP contribution in [0.4, 0.5) is 0 Å². The highest BCUT2D eigenvalue weighted by Gasteiger charge is 2.23. The maximum absolute atomic E-state index is 12.5. The van der Waals surface area contributed by atoms with Crippen molar-refractivity contribution in [3.63, 3.8) is 0 Å². The number of aryl methyl sites for hydroxylation is 3. The number of rotatable bonds is 6. The van der Waals surface area contributed by atoms with Crippen LogP contribution in [0.25, 0.3) is 0 Å². The van der Waals surface area contributed by atoms with Gasteiger partial charge in [-0.1, -0.05) is 24.3 Å². The molecule has 1 aromatic heterocycles. The van der Waals surface area contributed by atoms with E-state index in [1.165, 1.54) is 24.0 Å². The Morgan fingerprint density at radius 2 is 2.17 bits per heavy atom. The summed E-state index contributed by atoms with van der Waals surface area (Å²) in [4.78, 5) is 14.5. The first-order chi connectivity index (χ1) is 11.7. The molecule has 1 fully saturated rings. The zero-order chi connectivity index (χ0) is 16.8. The number of carbonyl (C=O) groups excluding carboxylic acids is 1. The van der Waals surface area contributed by atoms with Crippen LogP contribution < -0.4 is 0 Å². The Balaban J connectivity index is 1.47. The summed E-state index contributed by atoms with van der Waals surface area (Å²) in [5, 5.41) is 4.17. The van der Waals surface area contributed by atoms with Crippen molar-refractivity contribution in [2.75, 3.05) is 13.1 Å². The van der Waals surface area contributed by atoms with Crippen molar-refractivity contribution in [1.82, 2.24) is 14.7 Å². The molecule has 0 unspecified atom stereocenters. The molecule has 1 aliphatic heterocycles. The smallest absolute Gasteiger partial charge is 0.224 e. The van der Waals surface area contributed by atoms with E-state index in [4.69, 9.17) is 0 Å². The highest BCUT2D eigenvalue weighted by molar-refractivity contribution is 5.76. The van der Waals surface area contributed by atoms with Gasteiger partial charge in [0.25, 0.3) is 0 Å². The number of aromatic nitrogens is 2. The SMILES string of the molecule is Cc1ccccc1CC[C@@H]1CCCN(C(=O)CCn2cccn2)C1. The second-order valence-corrected chi connectivity index (χ2v) is 6.83. The van der Waals surface area contributed by atoms with Crippen LogP contribution in [0.15, 0.2) is 42.7 Å². The van der Waals surface area contributed by atoms with E-state index in [1.54, 1.807) is 6.20 Å². The first-order valence-electron chi connectivity index (χ1n) is 9.02. The summed E-state index contributed by atoms with van der Waals surface area (Å²) in [6.45, 7) is 4.69. The van der Waals surface area contributed by atoms with Crippen LogP contribution in [0.2, 0.25) is 0 Å². The lowest BCUT2D eigenvalue weighted by atomic mass is 9.90. The molecule has 0 N–H and O–H groups in total. The van der Waals surface area contributed by atoms with Gasteiger partial charge in [0, 0.05) is 38.4 Å². The lowest BCUT2D eigenvalue weighted by Crippen LogP contribution is -2.40. The van der Waals surface area contributed by atoms with Gasteiger partial charge in [0.15, 0.2) is 0 Å². The van der Waals surface area contributed by atoms with E-state index in [9.17, 15) is 4.79 Å². The molecule has 0 radical (unpaired) electrons. The second kappa shape index (κ2) is 8.13. The maximum Gasteiger partial charge on any atom is 0.224 e. The summed E-state index contributed by atoms with van der Waals surface area (Å²) in [6, 6.07) is 10.5. The third kappa shape index (κ3) is 4.47. The molecule has 0 saturated carbocycles. The molecule has 2 heterocycles. The molecule has 2 aromatic rings. The van der Waals surface area contributed by atoms with Gasteiger partial charge in [0.05, 0.1) is 0 Å². The molecular weight excluding hydrogens is 298 g/mol. The molecule has 0 spiro atoms. The lowest BCUT2D eigenvalue weighted by molar-refractivity contribution is -0.133. The second-order valence-electron chi connectivity index (χ2n) is 6.83. The highest BCUT2D eigenvalue weighted by atomic mass is 16.2. The molecule has 4 heteroatoms. The minimum Gasteiger partial charge on any atom is -0.342 e. The molecule has 0 aliphatic carbocycles. The summed E-state index contributed by atoms with van der Waals surface area (Å²) in [5.41, 5.74) is 2.82. The Morgan fingerprint density at radius 1 is 1.29 bits per heavy atom. The molecule has 1 aliphatic rings. The van der Waals surface area contributed by atoms with Gasteiger partial charge in [0.2, 0.25) is 5.91 Å². The van der Waals surface area contributed by atoms with Crippen molar-refractivity contribution in [3.8, 4) is 0 Å². The Kier molecular flexibility index (Phi) is 5.68. The normalized spacial score (nSPS) is 17.9. The molecule has 1 saturated heterocycles. The van der Waals surface area contributed by atoms with Crippen molar-refractivity contribution in [2.45, 2.75) is 45.6 Å². The largest absolute Gasteiger partial charge is 0.342 e. The fourth-order valence-electron chi connectivity index (χ4n) is 3.58. The molecular formula is C20H27N3O. The monoisotopic (exact) mass is 325 g/mol. The lowest BCUT2D eigenvalue weighted by Gasteiger charge is -2.33. The third-order valence-electron chi connectivity index (χ3n) is 5.07. The summed E-state index contributed by atoms with van der Waals surface area (Å²) >= 11 is 0. The molecule has 1 amide bonds. The van der Waals surface area contributed by atoms with Crippen LogP contribution in [-0.2, 0) is 17.8 Å². The first kappa shape index (κ1) is 16.7. The van der Waals surface area contributed by atoms with Crippen molar-refractivity contribution in [1.29, 1.82) is 0 Å². The Bertz CT molecular complexity index is 651. The summed E-state index contributed by atoms with van der Waals surface area (Å²) < 4.78 is 1.83. The van der Waals surface area contributed by atoms with Crippen molar-refractivity contribution < 1.29 is 4.79 Å². The van der Waals surface area contributed by atoms with Gasteiger partial charge in [0.1, 0.15) is 0 Å². The van der Waals surface area contributed by atoms with E-state index < -0.39 is 0 Å². The van der Waals surface area contributed by atoms with Crippen molar-refractivity contribution >= 4 is 5.91 Å². The summed E-state index contributed by atoms with van der Waals surface area (Å²) in [6.07, 6.45) is 8.88. The van der Waals surface area contributed by atoms with Gasteiger partial charge in [-0.15, -0.1) is 0 Å². The zero-order valence-electron chi connectivity index (χ0n) is 14.5. The molecule has 4 nitrogen and oxygen atoms in total. The van der Waals surface area contributed by atoms with Crippen molar-refractivity contribution in [3.05, 3.63) is 53.9 Å². The van der Waals surface area contributed by atoms with E-state index >= 15 is 0 Å². The van der Waals surface area contributed by atoms with Crippen LogP contribution in [0.3, 0.4) is 0 Å². The fourth-order valence-corrected chi connectivity index (χ4v) is 3.58. The number of benzene rings is 1. The third-order valence-corrected chi connectivity index (χ3v) is 5.07. The fraction of sp³-hybridized carbons (Fsp3) is 0.500. The zero-order valence-corrected chi connectivity index (χ0v) is 14.5. The van der Waals surface area contributed by atoms with E-state index in [1.807, 2.05) is 16.9 Å². The van der Waals surface area contributed by atoms with Gasteiger partial charge in [-0.25, -0.2) is 0 Å². The maximum atomic E-state index is 12.5. The first-order valence-corrected chi connectivity index (χ1v) is 9.02. The Labute approximate surface area is 144 Å². The number of hydrogen-bond donors (Lipinski definition) is 0. The number of carbonyl (C=O) groups is 1. The standard InChI is InChI=1S/C20H27N3O/c1-17-6-2-3-8-19(17)10-9-18-7-4-13-22(16-18)20(24)11-15-23-14-5-12-21-23/h2-3,5-6,8,12,14,18H,4,7,9-11,13,15-16H2,1H3/t18-/m0/s1. The topological polar surface area (TPSA) is 38.1 Å². The van der Waals surface area contributed by atoms with E-state index in [0.717, 1.165) is 25.9 Å². The predicted molar refractivity (Wildman–Crippen MR) is 95.6 cm³/mol. The van der Waals surface area contributed by atoms with Crippen LogP contribution in [0, 0.1) is 12.8 Å². The predicted octanol–water partition coefficient (Wildman–Crippen LogP) is 3.45. The molecule has 1 atom stereocenters. The van der Waals surface area contributed by atoms with Gasteiger partial charge >= 0.3 is 0 Å². The summed E-state index contributed by atoms with van der Waals surface area (Å²) in [5.74, 6) is 0.901. The van der Waals surface area contributed by atoms with Crippen LogP contribution in [0.1, 0.15) is 36.8 Å². The van der Waals surface area contributed by atoms with Gasteiger partial charge in [-0.2, -0.15) is 5.10 Å². The molecule has 1 aromatic carbocycles. The quantitative estimate of drug-likeness (QED) is 0.816. The number of nitrogens with zero attached hydrogens (tertiary/aromatic N) is 3. The Morgan fingerprint density at radius 3 is 2.96 bits per heavy atom. The summed E-state index contributed by atoms with van der Waals surface area (Å²) in [7, 11) is 0. The van der Waals surface area contributed by atoms with E-state index in [-0.39, 0.29) is 5.91 Å². The van der Waals surface area contributed by atoms with Crippen LogP contribution in [0.5, 0.6) is 0 Å². The minimum atomic E-state index is 0.270. The molecule has 3 rings (SSSR count). The average Bonchev–Trinajstić information content (AvgIpc) is 3.13. The van der Waals surface area contributed by atoms with Gasteiger partial charge < -0.3 is 4.90 Å². The highest BCUT2D eigenvalue weighted by Crippen LogP contribution is 2.23. The van der Waals surface area contributed by atoms with E-state index in [2.05, 4.69) is 41.2 Å². The van der Waals surface area contributed by atoms with Gasteiger partial charge in [-0.05, 0) is 55.7 Å². The van der Waals surface area contributed by atoms with Gasteiger partial charge in [-0.3, -0.25) is 9.48 Å². The molecule has 0 bridgehead atoms. The molecule has 24 heavy (non-hydrogen) atoms. The Hall–Kier alpha value is -2.10.